The van der Waals surface area contributed by atoms with Gasteiger partial charge >= 0.3 is 0 Å². The number of guanidine groups is 1. The zero-order chi connectivity index (χ0) is 18.2. The third-order valence-corrected chi connectivity index (χ3v) is 4.31. The maximum Gasteiger partial charge on any atom is 0.191 e. The largest absolute Gasteiger partial charge is 0.357 e. The Morgan fingerprint density at radius 3 is 2.80 bits per heavy atom. The van der Waals surface area contributed by atoms with Gasteiger partial charge in [0.15, 0.2) is 5.96 Å². The second kappa shape index (κ2) is 9.63. The zero-order valence-electron chi connectivity index (χ0n) is 14.8. The van der Waals surface area contributed by atoms with E-state index in [-0.39, 0.29) is 6.04 Å². The quantitative estimate of drug-likeness (QED) is 0.568. The van der Waals surface area contributed by atoms with Crippen LogP contribution in [0, 0.1) is 0 Å². The Labute approximate surface area is 158 Å². The van der Waals surface area contributed by atoms with Gasteiger partial charge in [0.05, 0.1) is 12.6 Å². The molecular weight excluding hydrogens is 359 g/mol. The highest BCUT2D eigenvalue weighted by Gasteiger charge is 2.11. The molecule has 0 bridgehead atoms. The van der Waals surface area contributed by atoms with Crippen molar-refractivity contribution in [3.8, 4) is 0 Å². The summed E-state index contributed by atoms with van der Waals surface area (Å²) in [5, 5.41) is 15.9. The number of nitrogens with one attached hydrogen (secondary N) is 2. The molecule has 1 heterocycles. The van der Waals surface area contributed by atoms with Crippen molar-refractivity contribution in [2.45, 2.75) is 39.8 Å². The van der Waals surface area contributed by atoms with E-state index in [1.165, 1.54) is 0 Å². The average Bonchev–Trinajstić information content (AvgIpc) is 3.02. The first-order chi connectivity index (χ1) is 12.0. The van der Waals surface area contributed by atoms with Crippen LogP contribution in [0.5, 0.6) is 0 Å². The van der Waals surface area contributed by atoms with E-state index < -0.39 is 0 Å². The van der Waals surface area contributed by atoms with Gasteiger partial charge in [-0.3, -0.25) is 4.99 Å². The van der Waals surface area contributed by atoms with Crippen molar-refractivity contribution in [3.63, 3.8) is 0 Å². The molecule has 1 aromatic carbocycles. The van der Waals surface area contributed by atoms with Crippen LogP contribution < -0.4 is 10.6 Å². The lowest BCUT2D eigenvalue weighted by Gasteiger charge is -2.19. The molecule has 0 radical (unpaired) electrons. The fourth-order valence-electron chi connectivity index (χ4n) is 2.46. The molecular formula is C17H24Cl2N6. The van der Waals surface area contributed by atoms with Gasteiger partial charge in [-0.2, -0.15) is 0 Å². The summed E-state index contributed by atoms with van der Waals surface area (Å²) < 4.78 is 2.02. The summed E-state index contributed by atoms with van der Waals surface area (Å²) in [5.74, 6) is 1.71. The molecule has 2 N–H and O–H groups in total. The van der Waals surface area contributed by atoms with Gasteiger partial charge < -0.3 is 15.2 Å². The number of hydrogen-bond donors (Lipinski definition) is 2. The SMILES string of the molecule is CCNC(=NCCn1cnnc1CC)NC(C)c1ccc(Cl)cc1Cl. The molecule has 2 aromatic rings. The summed E-state index contributed by atoms with van der Waals surface area (Å²) in [6, 6.07) is 5.52. The molecule has 0 saturated heterocycles. The van der Waals surface area contributed by atoms with Gasteiger partial charge in [-0.05, 0) is 31.5 Å². The van der Waals surface area contributed by atoms with E-state index >= 15 is 0 Å². The lowest BCUT2D eigenvalue weighted by Crippen LogP contribution is -2.39. The van der Waals surface area contributed by atoms with Gasteiger partial charge in [0.2, 0.25) is 0 Å². The minimum Gasteiger partial charge on any atom is -0.357 e. The molecule has 0 aliphatic carbocycles. The molecule has 1 atom stereocenters. The van der Waals surface area contributed by atoms with E-state index in [9.17, 15) is 0 Å². The van der Waals surface area contributed by atoms with Crippen molar-refractivity contribution in [1.82, 2.24) is 25.4 Å². The van der Waals surface area contributed by atoms with Crippen LogP contribution >= 0.6 is 23.2 Å². The molecule has 0 spiro atoms. The minimum atomic E-state index is 0.00341. The van der Waals surface area contributed by atoms with Crippen molar-refractivity contribution in [3.05, 3.63) is 46.0 Å². The van der Waals surface area contributed by atoms with Crippen molar-refractivity contribution in [2.75, 3.05) is 13.1 Å². The van der Waals surface area contributed by atoms with E-state index in [1.54, 1.807) is 12.4 Å². The van der Waals surface area contributed by atoms with Crippen LogP contribution in [-0.2, 0) is 13.0 Å². The predicted octanol–water partition coefficient (Wildman–Crippen LogP) is 3.46. The molecule has 0 amide bonds. The Bertz CT molecular complexity index is 713. The molecule has 2 rings (SSSR count). The molecule has 8 heteroatoms. The number of nitrogens with zero attached hydrogens (tertiary/aromatic N) is 4. The van der Waals surface area contributed by atoms with Gasteiger partial charge in [-0.25, -0.2) is 0 Å². The molecule has 6 nitrogen and oxygen atoms in total. The van der Waals surface area contributed by atoms with Crippen molar-refractivity contribution >= 4 is 29.2 Å². The molecule has 1 unspecified atom stereocenters. The van der Waals surface area contributed by atoms with Gasteiger partial charge in [0.25, 0.3) is 0 Å². The minimum absolute atomic E-state index is 0.00341. The standard InChI is InChI=1S/C17H24Cl2N6/c1-4-16-24-22-11-25(16)9-8-21-17(20-5-2)23-12(3)14-7-6-13(18)10-15(14)19/h6-7,10-12H,4-5,8-9H2,1-3H3,(H2,20,21,23). The fraction of sp³-hybridized carbons (Fsp3) is 0.471. The number of halogens is 2. The van der Waals surface area contributed by atoms with E-state index in [0.29, 0.717) is 16.6 Å². The van der Waals surface area contributed by atoms with Crippen LogP contribution in [0.1, 0.15) is 38.2 Å². The molecule has 136 valence electrons. The van der Waals surface area contributed by atoms with Gasteiger partial charge in [0, 0.05) is 29.6 Å². The second-order valence-electron chi connectivity index (χ2n) is 5.59. The Balaban J connectivity index is 2.01. The van der Waals surface area contributed by atoms with Crippen LogP contribution in [0.25, 0.3) is 0 Å². The lowest BCUT2D eigenvalue weighted by molar-refractivity contribution is 0.650. The summed E-state index contributed by atoms with van der Waals surface area (Å²) in [7, 11) is 0. The zero-order valence-corrected chi connectivity index (χ0v) is 16.3. The normalized spacial score (nSPS) is 12.9. The van der Waals surface area contributed by atoms with E-state index in [1.807, 2.05) is 30.5 Å². The molecule has 0 saturated carbocycles. The molecule has 0 aliphatic heterocycles. The fourth-order valence-corrected chi connectivity index (χ4v) is 3.04. The molecule has 0 fully saturated rings. The number of rotatable bonds is 7. The topological polar surface area (TPSA) is 67.1 Å². The van der Waals surface area contributed by atoms with Gasteiger partial charge in [-0.15, -0.1) is 10.2 Å². The summed E-state index contributed by atoms with van der Waals surface area (Å²) in [4.78, 5) is 4.63. The predicted molar refractivity (Wildman–Crippen MR) is 103 cm³/mol. The molecule has 0 aliphatic rings. The van der Waals surface area contributed by atoms with Crippen LogP contribution in [-0.4, -0.2) is 33.8 Å². The van der Waals surface area contributed by atoms with E-state index in [2.05, 4.69) is 32.7 Å². The first-order valence-electron chi connectivity index (χ1n) is 8.41. The number of benzene rings is 1. The average molecular weight is 383 g/mol. The summed E-state index contributed by atoms with van der Waals surface area (Å²) in [5.41, 5.74) is 0.976. The first kappa shape index (κ1) is 19.5. The maximum absolute atomic E-state index is 6.29. The van der Waals surface area contributed by atoms with Crippen LogP contribution in [0.3, 0.4) is 0 Å². The Hall–Kier alpha value is -1.79. The Kier molecular flexibility index (Phi) is 7.52. The van der Waals surface area contributed by atoms with Crippen molar-refractivity contribution in [1.29, 1.82) is 0 Å². The number of aromatic nitrogens is 3. The summed E-state index contributed by atoms with van der Waals surface area (Å²) in [6.07, 6.45) is 2.60. The third-order valence-electron chi connectivity index (χ3n) is 3.75. The highest BCUT2D eigenvalue weighted by molar-refractivity contribution is 6.35. The maximum atomic E-state index is 6.29. The van der Waals surface area contributed by atoms with Crippen LogP contribution in [0.15, 0.2) is 29.5 Å². The lowest BCUT2D eigenvalue weighted by atomic mass is 10.1. The smallest absolute Gasteiger partial charge is 0.191 e. The van der Waals surface area contributed by atoms with Gasteiger partial charge in [-0.1, -0.05) is 36.2 Å². The first-order valence-corrected chi connectivity index (χ1v) is 9.17. The van der Waals surface area contributed by atoms with Gasteiger partial charge in [0.1, 0.15) is 12.2 Å². The summed E-state index contributed by atoms with van der Waals surface area (Å²) >= 11 is 12.3. The third kappa shape index (κ3) is 5.61. The monoisotopic (exact) mass is 382 g/mol. The highest BCUT2D eigenvalue weighted by Crippen LogP contribution is 2.25. The number of hydrogen-bond acceptors (Lipinski definition) is 3. The highest BCUT2D eigenvalue weighted by atomic mass is 35.5. The van der Waals surface area contributed by atoms with Crippen molar-refractivity contribution in [2.24, 2.45) is 4.99 Å². The number of aryl methyl sites for hydroxylation is 1. The Morgan fingerprint density at radius 1 is 1.32 bits per heavy atom. The summed E-state index contributed by atoms with van der Waals surface area (Å²) in [6.45, 7) is 8.28. The van der Waals surface area contributed by atoms with Crippen LogP contribution in [0.4, 0.5) is 0 Å². The molecule has 25 heavy (non-hydrogen) atoms. The molecule has 1 aromatic heterocycles. The number of aliphatic imine (C=N–C) groups is 1. The van der Waals surface area contributed by atoms with E-state index in [4.69, 9.17) is 23.2 Å². The van der Waals surface area contributed by atoms with Crippen LogP contribution in [0.2, 0.25) is 10.0 Å². The second-order valence-corrected chi connectivity index (χ2v) is 6.43. The van der Waals surface area contributed by atoms with Crippen molar-refractivity contribution < 1.29 is 0 Å². The van der Waals surface area contributed by atoms with E-state index in [0.717, 1.165) is 36.9 Å². The Morgan fingerprint density at radius 2 is 2.12 bits per heavy atom.